The number of thioether (sulfide) groups is 1. The molecule has 0 aromatic heterocycles. The van der Waals surface area contributed by atoms with E-state index in [0.717, 1.165) is 23.1 Å². The number of amides is 1. The highest BCUT2D eigenvalue weighted by Crippen LogP contribution is 2.47. The molecule has 6 heteroatoms. The normalized spacial score (nSPS) is 26.0. The van der Waals surface area contributed by atoms with E-state index < -0.39 is 11.7 Å². The average Bonchev–Trinajstić information content (AvgIpc) is 2.45. The molecule has 0 saturated carbocycles. The van der Waals surface area contributed by atoms with Crippen molar-refractivity contribution in [3.8, 4) is 0 Å². The molecule has 0 fully saturated rings. The largest absolute Gasteiger partial charge is 0.444 e. The summed E-state index contributed by atoms with van der Waals surface area (Å²) in [6.07, 6.45) is 1.77. The molecule has 0 spiro atoms. The zero-order valence-corrected chi connectivity index (χ0v) is 16.9. The molecule has 1 amide bonds. The molecule has 4 nitrogen and oxygen atoms in total. The number of nitrogens with zero attached hydrogens (tertiary/aromatic N) is 1. The van der Waals surface area contributed by atoms with Crippen LogP contribution < -0.4 is 5.32 Å². The summed E-state index contributed by atoms with van der Waals surface area (Å²) in [4.78, 5) is 17.0. The molecule has 1 aromatic carbocycles. The number of nitrogens with one attached hydrogen (secondary N) is 1. The molecule has 0 saturated heterocycles. The fourth-order valence-corrected chi connectivity index (χ4v) is 4.96. The number of aliphatic imine (C=N–C) groups is 1. The van der Waals surface area contributed by atoms with E-state index in [4.69, 9.17) is 9.73 Å². The van der Waals surface area contributed by atoms with Crippen LogP contribution in [0.3, 0.4) is 0 Å². The minimum Gasteiger partial charge on any atom is -0.444 e. The minimum atomic E-state index is -0.515. The summed E-state index contributed by atoms with van der Waals surface area (Å²) < 4.78 is 6.41. The van der Waals surface area contributed by atoms with Gasteiger partial charge in [0.25, 0.3) is 0 Å². The van der Waals surface area contributed by atoms with E-state index in [1.54, 1.807) is 11.8 Å². The zero-order chi connectivity index (χ0) is 17.5. The molecule has 2 aliphatic rings. The number of aryl methyl sites for hydroxylation is 1. The zero-order valence-electron chi connectivity index (χ0n) is 14.5. The van der Waals surface area contributed by atoms with E-state index in [1.165, 1.54) is 11.1 Å². The van der Waals surface area contributed by atoms with E-state index in [2.05, 4.69) is 46.4 Å². The van der Waals surface area contributed by atoms with Gasteiger partial charge in [-0.05, 0) is 69.7 Å². The molecule has 2 unspecified atom stereocenters. The molecule has 0 radical (unpaired) electrons. The van der Waals surface area contributed by atoms with Gasteiger partial charge in [0, 0.05) is 10.2 Å². The number of amidine groups is 1. The van der Waals surface area contributed by atoms with Gasteiger partial charge in [-0.3, -0.25) is 10.3 Å². The number of hydrogen-bond donors (Lipinski definition) is 1. The van der Waals surface area contributed by atoms with Crippen molar-refractivity contribution in [2.24, 2.45) is 10.9 Å². The topological polar surface area (TPSA) is 50.7 Å². The number of carbonyl (C=O) groups excluding carboxylic acids is 1. The lowest BCUT2D eigenvalue weighted by atomic mass is 9.71. The number of fused-ring (bicyclic) bond motifs is 3. The summed E-state index contributed by atoms with van der Waals surface area (Å²) in [6.45, 7) is 7.75. The Balaban J connectivity index is 1.89. The first-order chi connectivity index (χ1) is 11.2. The second kappa shape index (κ2) is 6.37. The highest BCUT2D eigenvalue weighted by molar-refractivity contribution is 9.10. The third-order valence-electron chi connectivity index (χ3n) is 4.54. The number of carbonyl (C=O) groups is 1. The van der Waals surface area contributed by atoms with Crippen LogP contribution in [0.1, 0.15) is 45.2 Å². The standard InChI is InChI=1S/C18H23BrN2O2S/c1-17(2,3)23-16(22)20-15-21-18(4)12(10-24-15)7-5-11-6-8-13(19)9-14(11)18/h6,8-9,12H,5,7,10H2,1-4H3,(H,20,21,22). The van der Waals surface area contributed by atoms with Crippen molar-refractivity contribution >= 4 is 39.0 Å². The van der Waals surface area contributed by atoms with Crippen molar-refractivity contribution < 1.29 is 9.53 Å². The fraction of sp³-hybridized carbons (Fsp3) is 0.556. The van der Waals surface area contributed by atoms with Gasteiger partial charge in [-0.15, -0.1) is 0 Å². The molecular formula is C18H23BrN2O2S. The van der Waals surface area contributed by atoms with Crippen LogP contribution in [0.5, 0.6) is 0 Å². The third kappa shape index (κ3) is 3.64. The first-order valence-corrected chi connectivity index (χ1v) is 9.97. The van der Waals surface area contributed by atoms with Gasteiger partial charge in [-0.1, -0.05) is 33.8 Å². The van der Waals surface area contributed by atoms with Gasteiger partial charge in [-0.2, -0.15) is 0 Å². The third-order valence-corrected chi connectivity index (χ3v) is 6.07. The molecule has 2 atom stereocenters. The quantitative estimate of drug-likeness (QED) is 0.664. The van der Waals surface area contributed by atoms with Gasteiger partial charge < -0.3 is 4.74 Å². The Bertz CT molecular complexity index is 699. The van der Waals surface area contributed by atoms with Crippen LogP contribution in [0.4, 0.5) is 4.79 Å². The number of alkyl carbamates (subject to hydrolysis) is 1. The first-order valence-electron chi connectivity index (χ1n) is 8.19. The Labute approximate surface area is 156 Å². The summed E-state index contributed by atoms with van der Waals surface area (Å²) in [5, 5.41) is 3.47. The van der Waals surface area contributed by atoms with Gasteiger partial charge in [0.1, 0.15) is 5.60 Å². The lowest BCUT2D eigenvalue weighted by Crippen LogP contribution is -2.44. The molecule has 24 heavy (non-hydrogen) atoms. The summed E-state index contributed by atoms with van der Waals surface area (Å²) in [7, 11) is 0. The van der Waals surface area contributed by atoms with Crippen LogP contribution in [0, 0.1) is 5.92 Å². The summed E-state index contributed by atoms with van der Waals surface area (Å²) >= 11 is 5.18. The minimum absolute atomic E-state index is 0.299. The van der Waals surface area contributed by atoms with E-state index >= 15 is 0 Å². The summed E-state index contributed by atoms with van der Waals surface area (Å²) in [5.74, 6) is 1.44. The van der Waals surface area contributed by atoms with Gasteiger partial charge in [0.2, 0.25) is 0 Å². The Morgan fingerprint density at radius 2 is 2.21 bits per heavy atom. The molecule has 1 aliphatic carbocycles. The smallest absolute Gasteiger partial charge is 0.413 e. The lowest BCUT2D eigenvalue weighted by molar-refractivity contribution is 0.0564. The molecule has 1 heterocycles. The van der Waals surface area contributed by atoms with Crippen molar-refractivity contribution in [1.29, 1.82) is 0 Å². The van der Waals surface area contributed by atoms with E-state index in [9.17, 15) is 4.79 Å². The maximum absolute atomic E-state index is 12.1. The maximum atomic E-state index is 12.1. The monoisotopic (exact) mass is 410 g/mol. The highest BCUT2D eigenvalue weighted by atomic mass is 79.9. The van der Waals surface area contributed by atoms with Crippen molar-refractivity contribution in [2.45, 2.75) is 51.7 Å². The van der Waals surface area contributed by atoms with Gasteiger partial charge >= 0.3 is 6.09 Å². The fourth-order valence-electron chi connectivity index (χ4n) is 3.34. The maximum Gasteiger partial charge on any atom is 0.413 e. The van der Waals surface area contributed by atoms with Crippen molar-refractivity contribution in [1.82, 2.24) is 5.32 Å². The van der Waals surface area contributed by atoms with Gasteiger partial charge in [-0.25, -0.2) is 4.79 Å². The first kappa shape index (κ1) is 17.8. The predicted octanol–water partition coefficient (Wildman–Crippen LogP) is 4.85. The second-order valence-corrected chi connectivity index (χ2v) is 9.46. The Hall–Kier alpha value is -1.01. The van der Waals surface area contributed by atoms with Crippen molar-refractivity contribution in [2.75, 3.05) is 5.75 Å². The van der Waals surface area contributed by atoms with E-state index in [-0.39, 0.29) is 5.54 Å². The van der Waals surface area contributed by atoms with Gasteiger partial charge in [0.15, 0.2) is 5.17 Å². The SMILES string of the molecule is CC(C)(C)OC(=O)NC1=NC2(C)c3cc(Br)ccc3CCC2CS1. The number of ether oxygens (including phenoxy) is 1. The van der Waals surface area contributed by atoms with E-state index in [1.807, 2.05) is 20.8 Å². The van der Waals surface area contributed by atoms with Crippen LogP contribution >= 0.6 is 27.7 Å². The number of hydrogen-bond acceptors (Lipinski definition) is 4. The molecule has 130 valence electrons. The number of halogens is 1. The number of benzene rings is 1. The predicted molar refractivity (Wildman–Crippen MR) is 103 cm³/mol. The highest BCUT2D eigenvalue weighted by Gasteiger charge is 2.43. The van der Waals surface area contributed by atoms with Crippen LogP contribution in [-0.4, -0.2) is 22.6 Å². The van der Waals surface area contributed by atoms with Crippen LogP contribution in [0.2, 0.25) is 0 Å². The van der Waals surface area contributed by atoms with Crippen molar-refractivity contribution in [3.63, 3.8) is 0 Å². The second-order valence-electron chi connectivity index (χ2n) is 7.54. The summed E-state index contributed by atoms with van der Waals surface area (Å²) in [5.41, 5.74) is 1.80. The number of rotatable bonds is 0. The molecule has 1 aliphatic heterocycles. The Morgan fingerprint density at radius 1 is 1.46 bits per heavy atom. The average molecular weight is 411 g/mol. The van der Waals surface area contributed by atoms with Crippen LogP contribution in [0.15, 0.2) is 27.7 Å². The lowest BCUT2D eigenvalue weighted by Gasteiger charge is -2.43. The molecule has 3 rings (SSSR count). The van der Waals surface area contributed by atoms with Gasteiger partial charge in [0.05, 0.1) is 5.54 Å². The Morgan fingerprint density at radius 3 is 2.92 bits per heavy atom. The Kier molecular flexibility index (Phi) is 4.73. The van der Waals surface area contributed by atoms with Crippen molar-refractivity contribution in [3.05, 3.63) is 33.8 Å². The van der Waals surface area contributed by atoms with E-state index in [0.29, 0.717) is 11.1 Å². The molecule has 1 N–H and O–H groups in total. The van der Waals surface area contributed by atoms with Crippen LogP contribution in [-0.2, 0) is 16.7 Å². The molecule has 0 bridgehead atoms. The molecule has 1 aromatic rings. The molecular weight excluding hydrogens is 388 g/mol. The van der Waals surface area contributed by atoms with Crippen LogP contribution in [0.25, 0.3) is 0 Å². The summed E-state index contributed by atoms with van der Waals surface area (Å²) in [6, 6.07) is 6.44.